The van der Waals surface area contributed by atoms with E-state index in [-0.39, 0.29) is 6.09 Å². The third-order valence-electron chi connectivity index (χ3n) is 2.08. The van der Waals surface area contributed by atoms with Gasteiger partial charge in [-0.05, 0) is 33.3 Å². The summed E-state index contributed by atoms with van der Waals surface area (Å²) in [5, 5.41) is 3.59. The zero-order chi connectivity index (χ0) is 13.6. The number of nitrogens with zero attached hydrogens (tertiary/aromatic N) is 2. The molecular weight excluding hydrogens is 232 g/mol. The van der Waals surface area contributed by atoms with Crippen LogP contribution in [0.3, 0.4) is 0 Å². The summed E-state index contributed by atoms with van der Waals surface area (Å²) in [5.41, 5.74) is -0.457. The maximum absolute atomic E-state index is 11.6. The first-order chi connectivity index (χ1) is 8.38. The van der Waals surface area contributed by atoms with E-state index in [4.69, 9.17) is 9.26 Å². The van der Waals surface area contributed by atoms with Crippen molar-refractivity contribution < 1.29 is 14.1 Å². The van der Waals surface area contributed by atoms with Crippen molar-refractivity contribution in [1.82, 2.24) is 10.1 Å². The highest BCUT2D eigenvalue weighted by molar-refractivity contribution is 5.67. The Morgan fingerprint density at radius 2 is 2.28 bits per heavy atom. The monoisotopic (exact) mass is 252 g/mol. The molecule has 18 heavy (non-hydrogen) atoms. The molecule has 1 heterocycles. The Hall–Kier alpha value is -1.78. The van der Waals surface area contributed by atoms with E-state index in [0.717, 1.165) is 6.42 Å². The molecule has 0 aliphatic rings. The van der Waals surface area contributed by atoms with Gasteiger partial charge in [0.15, 0.2) is 5.76 Å². The molecule has 0 saturated heterocycles. The zero-order valence-electron chi connectivity index (χ0n) is 11.3. The fourth-order valence-electron chi connectivity index (χ4n) is 1.21. The van der Waals surface area contributed by atoms with Gasteiger partial charge in [0.2, 0.25) is 0 Å². The van der Waals surface area contributed by atoms with Crippen LogP contribution in [-0.4, -0.2) is 35.3 Å². The molecule has 0 spiro atoms. The highest BCUT2D eigenvalue weighted by atomic mass is 16.6. The second-order valence-electron chi connectivity index (χ2n) is 5.01. The van der Waals surface area contributed by atoms with Gasteiger partial charge in [0.1, 0.15) is 5.60 Å². The summed E-state index contributed by atoms with van der Waals surface area (Å²) >= 11 is 0. The topological polar surface area (TPSA) is 55.6 Å². The normalized spacial score (nSPS) is 11.8. The van der Waals surface area contributed by atoms with Crippen LogP contribution in [0.15, 0.2) is 22.9 Å². The number of carbonyl (C=O) groups excluding carboxylic acids is 1. The van der Waals surface area contributed by atoms with E-state index in [1.165, 1.54) is 0 Å². The van der Waals surface area contributed by atoms with Crippen molar-refractivity contribution in [3.63, 3.8) is 0 Å². The van der Waals surface area contributed by atoms with Gasteiger partial charge in [-0.3, -0.25) is 0 Å². The molecule has 0 N–H and O–H groups in total. The smallest absolute Gasteiger partial charge is 0.410 e. The van der Waals surface area contributed by atoms with Gasteiger partial charge in [-0.15, -0.1) is 0 Å². The number of ether oxygens (including phenoxy) is 1. The molecule has 0 aliphatic heterocycles. The lowest BCUT2D eigenvalue weighted by Crippen LogP contribution is -2.34. The number of hydrogen-bond acceptors (Lipinski definition) is 4. The van der Waals surface area contributed by atoms with Gasteiger partial charge < -0.3 is 14.2 Å². The Kier molecular flexibility index (Phi) is 4.95. The van der Waals surface area contributed by atoms with Crippen LogP contribution in [0, 0.1) is 0 Å². The van der Waals surface area contributed by atoms with Crippen molar-refractivity contribution in [3.05, 3.63) is 24.1 Å². The Morgan fingerprint density at radius 3 is 2.83 bits per heavy atom. The van der Waals surface area contributed by atoms with Crippen molar-refractivity contribution in [2.24, 2.45) is 0 Å². The van der Waals surface area contributed by atoms with Crippen LogP contribution >= 0.6 is 0 Å². The molecule has 0 fully saturated rings. The minimum Gasteiger partial charge on any atom is -0.444 e. The molecule has 1 aromatic heterocycles. The largest absolute Gasteiger partial charge is 0.444 e. The maximum atomic E-state index is 11.6. The van der Waals surface area contributed by atoms with Crippen molar-refractivity contribution >= 4 is 12.2 Å². The minimum absolute atomic E-state index is 0.310. The molecule has 0 aromatic carbocycles. The molecule has 0 aliphatic carbocycles. The molecule has 0 atom stereocenters. The van der Waals surface area contributed by atoms with Crippen molar-refractivity contribution in [2.75, 3.05) is 13.6 Å². The number of hydrogen-bond donors (Lipinski definition) is 0. The average Bonchev–Trinajstić information content (AvgIpc) is 2.74. The average molecular weight is 252 g/mol. The molecule has 5 heteroatoms. The number of rotatable bonds is 4. The van der Waals surface area contributed by atoms with Crippen LogP contribution in [0.5, 0.6) is 0 Å². The van der Waals surface area contributed by atoms with Gasteiger partial charge in [-0.25, -0.2) is 4.79 Å². The van der Waals surface area contributed by atoms with Gasteiger partial charge in [-0.2, -0.15) is 0 Å². The Morgan fingerprint density at radius 1 is 1.56 bits per heavy atom. The first-order valence-electron chi connectivity index (χ1n) is 5.90. The molecule has 1 rings (SSSR count). The fourth-order valence-corrected chi connectivity index (χ4v) is 1.21. The summed E-state index contributed by atoms with van der Waals surface area (Å²) < 4.78 is 10.1. The van der Waals surface area contributed by atoms with Crippen molar-refractivity contribution in [1.29, 1.82) is 0 Å². The van der Waals surface area contributed by atoms with E-state index in [1.54, 1.807) is 24.2 Å². The Bertz CT molecular complexity index is 391. The molecule has 0 radical (unpaired) electrons. The van der Waals surface area contributed by atoms with E-state index in [2.05, 4.69) is 5.16 Å². The fraction of sp³-hybridized carbons (Fsp3) is 0.538. The molecule has 0 bridgehead atoms. The molecule has 1 aromatic rings. The third kappa shape index (κ3) is 5.52. The second kappa shape index (κ2) is 6.23. The van der Waals surface area contributed by atoms with E-state index in [0.29, 0.717) is 12.3 Å². The molecule has 100 valence electrons. The van der Waals surface area contributed by atoms with Crippen LogP contribution in [0.25, 0.3) is 6.08 Å². The van der Waals surface area contributed by atoms with Crippen molar-refractivity contribution in [3.8, 4) is 0 Å². The highest BCUT2D eigenvalue weighted by Gasteiger charge is 2.18. The van der Waals surface area contributed by atoms with E-state index >= 15 is 0 Å². The van der Waals surface area contributed by atoms with Crippen LogP contribution in [0.2, 0.25) is 0 Å². The molecule has 5 nitrogen and oxygen atoms in total. The zero-order valence-corrected chi connectivity index (χ0v) is 11.3. The second-order valence-corrected chi connectivity index (χ2v) is 5.01. The third-order valence-corrected chi connectivity index (χ3v) is 2.08. The van der Waals surface area contributed by atoms with Gasteiger partial charge in [-0.1, -0.05) is 11.2 Å². The standard InChI is InChI=1S/C13H20N2O3/c1-13(2,3)17-12(16)15(4)10-6-5-7-11-8-9-14-18-11/h5,7-9H,6,10H2,1-4H3/b7-5+. The Balaban J connectivity index is 2.28. The lowest BCUT2D eigenvalue weighted by molar-refractivity contribution is 0.0302. The lowest BCUT2D eigenvalue weighted by atomic mass is 10.2. The van der Waals surface area contributed by atoms with Crippen LogP contribution in [0.1, 0.15) is 33.0 Å². The van der Waals surface area contributed by atoms with Crippen LogP contribution in [0.4, 0.5) is 4.79 Å². The van der Waals surface area contributed by atoms with Crippen LogP contribution < -0.4 is 0 Å². The SMILES string of the molecule is CN(CC/C=C/c1ccno1)C(=O)OC(C)(C)C. The first kappa shape index (κ1) is 14.3. The minimum atomic E-state index is -0.457. The summed E-state index contributed by atoms with van der Waals surface area (Å²) in [7, 11) is 1.72. The molecule has 0 unspecified atom stereocenters. The maximum Gasteiger partial charge on any atom is 0.410 e. The van der Waals surface area contributed by atoms with Crippen LogP contribution in [-0.2, 0) is 4.74 Å². The van der Waals surface area contributed by atoms with E-state index in [9.17, 15) is 4.79 Å². The summed E-state index contributed by atoms with van der Waals surface area (Å²) in [6.45, 7) is 6.15. The number of aromatic nitrogens is 1. The van der Waals surface area contributed by atoms with Crippen molar-refractivity contribution in [2.45, 2.75) is 32.8 Å². The predicted octanol–water partition coefficient (Wildman–Crippen LogP) is 2.94. The summed E-state index contributed by atoms with van der Waals surface area (Å²) in [4.78, 5) is 13.2. The number of amides is 1. The van der Waals surface area contributed by atoms with Gasteiger partial charge in [0.05, 0.1) is 6.20 Å². The molecule has 0 saturated carbocycles. The van der Waals surface area contributed by atoms with Gasteiger partial charge in [0, 0.05) is 19.7 Å². The van der Waals surface area contributed by atoms with Gasteiger partial charge in [0.25, 0.3) is 0 Å². The quantitative estimate of drug-likeness (QED) is 0.826. The van der Waals surface area contributed by atoms with Gasteiger partial charge >= 0.3 is 6.09 Å². The molecular formula is C13H20N2O3. The first-order valence-corrected chi connectivity index (χ1v) is 5.90. The Labute approximate surface area is 107 Å². The lowest BCUT2D eigenvalue weighted by Gasteiger charge is -2.24. The summed E-state index contributed by atoms with van der Waals surface area (Å²) in [5.74, 6) is 0.704. The summed E-state index contributed by atoms with van der Waals surface area (Å²) in [6.07, 6.45) is 5.77. The predicted molar refractivity (Wildman–Crippen MR) is 69.0 cm³/mol. The number of carbonyl (C=O) groups is 1. The molecule has 1 amide bonds. The van der Waals surface area contributed by atoms with E-state index < -0.39 is 5.60 Å². The van der Waals surface area contributed by atoms with E-state index in [1.807, 2.05) is 32.9 Å². The summed E-state index contributed by atoms with van der Waals surface area (Å²) in [6, 6.07) is 1.77. The highest BCUT2D eigenvalue weighted by Crippen LogP contribution is 2.09.